The van der Waals surface area contributed by atoms with E-state index in [1.54, 1.807) is 36.4 Å². The van der Waals surface area contributed by atoms with Crippen molar-refractivity contribution in [3.05, 3.63) is 59.7 Å². The number of rotatable bonds is 6. The van der Waals surface area contributed by atoms with E-state index in [0.29, 0.717) is 22.0 Å². The van der Waals surface area contributed by atoms with Gasteiger partial charge in [0.25, 0.3) is 5.91 Å². The number of amides is 1. The van der Waals surface area contributed by atoms with Gasteiger partial charge in [-0.1, -0.05) is 17.7 Å². The van der Waals surface area contributed by atoms with E-state index in [4.69, 9.17) is 16.3 Å². The number of halogens is 3. The Morgan fingerprint density at radius 2 is 1.93 bits per heavy atom. The highest BCUT2D eigenvalue weighted by molar-refractivity contribution is 14.1. The first-order valence-electron chi connectivity index (χ1n) is 7.71. The lowest BCUT2D eigenvalue weighted by Crippen LogP contribution is -2.14. The van der Waals surface area contributed by atoms with Gasteiger partial charge < -0.3 is 14.8 Å². The zero-order valence-corrected chi connectivity index (χ0v) is 19.5. The molecule has 0 saturated carbocycles. The number of esters is 1. The Labute approximate surface area is 194 Å². The first kappa shape index (κ1) is 22.4. The van der Waals surface area contributed by atoms with Crippen LogP contribution >= 0.6 is 56.8 Å². The van der Waals surface area contributed by atoms with E-state index < -0.39 is 11.9 Å². The van der Waals surface area contributed by atoms with E-state index in [-0.39, 0.29) is 12.2 Å². The van der Waals surface area contributed by atoms with Gasteiger partial charge in [0.05, 0.1) is 14.3 Å². The molecule has 0 aliphatic carbocycles. The molecule has 28 heavy (non-hydrogen) atoms. The van der Waals surface area contributed by atoms with Crippen LogP contribution in [-0.2, 0) is 14.3 Å². The van der Waals surface area contributed by atoms with Crippen molar-refractivity contribution in [3.63, 3.8) is 0 Å². The molecule has 9 heteroatoms. The van der Waals surface area contributed by atoms with Gasteiger partial charge in [-0.25, -0.2) is 4.79 Å². The van der Waals surface area contributed by atoms with Gasteiger partial charge in [0.1, 0.15) is 17.4 Å². The molecule has 0 aliphatic rings. The van der Waals surface area contributed by atoms with Crippen LogP contribution in [0.3, 0.4) is 0 Å². The fourth-order valence-corrected chi connectivity index (χ4v) is 4.39. The Hall–Kier alpha value is -1.84. The maximum absolute atomic E-state index is 12.4. The van der Waals surface area contributed by atoms with Crippen molar-refractivity contribution in [2.45, 2.75) is 0 Å². The molecule has 1 N–H and O–H groups in total. The molecular weight excluding hydrogens is 609 g/mol. The van der Waals surface area contributed by atoms with Crippen molar-refractivity contribution in [2.24, 2.45) is 0 Å². The van der Waals surface area contributed by atoms with Gasteiger partial charge in [-0.05, 0) is 87.2 Å². The van der Waals surface area contributed by atoms with Crippen molar-refractivity contribution in [1.82, 2.24) is 0 Å². The third kappa shape index (κ3) is 6.35. The first-order chi connectivity index (χ1) is 13.3. The minimum absolute atomic E-state index is 0.0604. The number of nitriles is 1. The number of ether oxygens (including phenoxy) is 2. The van der Waals surface area contributed by atoms with Crippen molar-refractivity contribution >= 4 is 80.4 Å². The Balaban J connectivity index is 2.22. The maximum Gasteiger partial charge on any atom is 0.343 e. The summed E-state index contributed by atoms with van der Waals surface area (Å²) < 4.78 is 11.5. The standard InChI is InChI=1S/C19H13ClI2N2O4/c1-27-17(25)10-28-18-15(21)6-11(7-16(18)22)5-12(9-23)19(26)24-14-4-2-3-13(20)8-14/h2-8H,10H2,1H3,(H,24,26)/b12-5+. The largest absolute Gasteiger partial charge is 0.480 e. The molecule has 1 amide bonds. The molecule has 0 bridgehead atoms. The molecule has 6 nitrogen and oxygen atoms in total. The summed E-state index contributed by atoms with van der Waals surface area (Å²) >= 11 is 10.0. The Morgan fingerprint density at radius 1 is 1.25 bits per heavy atom. The molecule has 0 saturated heterocycles. The molecule has 0 fully saturated rings. The molecule has 0 aliphatic heterocycles. The topological polar surface area (TPSA) is 88.4 Å². The van der Waals surface area contributed by atoms with E-state index >= 15 is 0 Å². The smallest absolute Gasteiger partial charge is 0.343 e. The minimum Gasteiger partial charge on any atom is -0.480 e. The summed E-state index contributed by atoms with van der Waals surface area (Å²) in [5, 5.41) is 12.5. The van der Waals surface area contributed by atoms with Gasteiger partial charge in [-0.2, -0.15) is 5.26 Å². The highest BCUT2D eigenvalue weighted by atomic mass is 127. The molecule has 0 heterocycles. The second-order valence-electron chi connectivity index (χ2n) is 5.31. The number of carbonyl (C=O) groups is 2. The van der Waals surface area contributed by atoms with Gasteiger partial charge in [-0.15, -0.1) is 0 Å². The average Bonchev–Trinajstić information content (AvgIpc) is 2.65. The fraction of sp³-hybridized carbons (Fsp3) is 0.105. The van der Waals surface area contributed by atoms with E-state index in [1.807, 2.05) is 6.07 Å². The molecule has 2 aromatic carbocycles. The van der Waals surface area contributed by atoms with Gasteiger partial charge in [0, 0.05) is 10.7 Å². The van der Waals surface area contributed by atoms with Crippen LogP contribution in [0.4, 0.5) is 5.69 Å². The van der Waals surface area contributed by atoms with Crippen molar-refractivity contribution in [2.75, 3.05) is 19.0 Å². The van der Waals surface area contributed by atoms with Crippen LogP contribution in [-0.4, -0.2) is 25.6 Å². The number of carbonyl (C=O) groups excluding carboxylic acids is 2. The van der Waals surface area contributed by atoms with E-state index in [1.165, 1.54) is 13.2 Å². The van der Waals surface area contributed by atoms with Gasteiger partial charge >= 0.3 is 5.97 Å². The number of anilines is 1. The average molecular weight is 623 g/mol. The molecule has 0 unspecified atom stereocenters. The Kier molecular flexibility index (Phi) is 8.53. The molecule has 0 atom stereocenters. The van der Waals surface area contributed by atoms with Crippen molar-refractivity contribution in [1.29, 1.82) is 5.26 Å². The van der Waals surface area contributed by atoms with Gasteiger partial charge in [-0.3, -0.25) is 4.79 Å². The summed E-state index contributed by atoms with van der Waals surface area (Å²) in [6, 6.07) is 12.1. The third-order valence-electron chi connectivity index (χ3n) is 3.34. The van der Waals surface area contributed by atoms with E-state index in [2.05, 4.69) is 55.2 Å². The number of nitrogens with one attached hydrogen (secondary N) is 1. The maximum atomic E-state index is 12.4. The highest BCUT2D eigenvalue weighted by Gasteiger charge is 2.13. The summed E-state index contributed by atoms with van der Waals surface area (Å²) in [6.07, 6.45) is 1.48. The zero-order chi connectivity index (χ0) is 20.7. The number of hydrogen-bond donors (Lipinski definition) is 1. The predicted molar refractivity (Wildman–Crippen MR) is 123 cm³/mol. The van der Waals surface area contributed by atoms with Gasteiger partial charge in [0.15, 0.2) is 6.61 Å². The molecule has 2 aromatic rings. The lowest BCUT2D eigenvalue weighted by atomic mass is 10.1. The van der Waals surface area contributed by atoms with Crippen molar-refractivity contribution < 1.29 is 19.1 Å². The lowest BCUT2D eigenvalue weighted by molar-refractivity contribution is -0.142. The molecule has 0 aromatic heterocycles. The quantitative estimate of drug-likeness (QED) is 0.220. The summed E-state index contributed by atoms with van der Waals surface area (Å²) in [6.45, 7) is -0.205. The number of methoxy groups -OCH3 is 1. The van der Waals surface area contributed by atoms with Crippen LogP contribution < -0.4 is 10.1 Å². The van der Waals surface area contributed by atoms with Crippen LogP contribution in [0, 0.1) is 18.5 Å². The molecule has 2 rings (SSSR count). The van der Waals surface area contributed by atoms with Crippen molar-refractivity contribution in [3.8, 4) is 11.8 Å². The van der Waals surface area contributed by atoms with E-state index in [9.17, 15) is 14.9 Å². The summed E-state index contributed by atoms with van der Waals surface area (Å²) in [5.41, 5.74) is 1.08. The highest BCUT2D eigenvalue weighted by Crippen LogP contribution is 2.30. The molecule has 144 valence electrons. The number of nitrogens with zero attached hydrogens (tertiary/aromatic N) is 1. The van der Waals surface area contributed by atoms with Gasteiger partial charge in [0.2, 0.25) is 0 Å². The SMILES string of the molecule is COC(=O)COc1c(I)cc(/C=C(\C#N)C(=O)Nc2cccc(Cl)c2)cc1I. The van der Waals surface area contributed by atoms with Crippen LogP contribution in [0.2, 0.25) is 5.02 Å². The Bertz CT molecular complexity index is 963. The fourth-order valence-electron chi connectivity index (χ4n) is 2.07. The predicted octanol–water partition coefficient (Wildman–Crippen LogP) is 4.65. The molecule has 0 radical (unpaired) electrons. The molecule has 0 spiro atoms. The monoisotopic (exact) mass is 622 g/mol. The first-order valence-corrected chi connectivity index (χ1v) is 10.2. The second kappa shape index (κ2) is 10.6. The van der Waals surface area contributed by atoms with E-state index in [0.717, 1.165) is 7.14 Å². The molecular formula is C19H13ClI2N2O4. The lowest BCUT2D eigenvalue weighted by Gasteiger charge is -2.11. The number of hydrogen-bond acceptors (Lipinski definition) is 5. The van der Waals surface area contributed by atoms with Crippen LogP contribution in [0.15, 0.2) is 42.0 Å². The Morgan fingerprint density at radius 3 is 2.50 bits per heavy atom. The van der Waals surface area contributed by atoms with Crippen LogP contribution in [0.25, 0.3) is 6.08 Å². The third-order valence-corrected chi connectivity index (χ3v) is 5.18. The minimum atomic E-state index is -0.541. The van der Waals surface area contributed by atoms with Crippen LogP contribution in [0.1, 0.15) is 5.56 Å². The van der Waals surface area contributed by atoms with Crippen LogP contribution in [0.5, 0.6) is 5.75 Å². The zero-order valence-electron chi connectivity index (χ0n) is 14.5. The summed E-state index contributed by atoms with van der Waals surface area (Å²) in [5.74, 6) is -0.494. The summed E-state index contributed by atoms with van der Waals surface area (Å²) in [7, 11) is 1.29. The second-order valence-corrected chi connectivity index (χ2v) is 8.07. The number of benzene rings is 2. The summed E-state index contributed by atoms with van der Waals surface area (Å²) in [4.78, 5) is 23.6. The normalized spacial score (nSPS) is 10.8.